The lowest BCUT2D eigenvalue weighted by atomic mass is 10.1. The molecular weight excluding hydrogens is 304 g/mol. The number of benzene rings is 1. The van der Waals surface area contributed by atoms with Crippen molar-refractivity contribution in [3.05, 3.63) is 29.8 Å². The van der Waals surface area contributed by atoms with Gasteiger partial charge in [-0.1, -0.05) is 25.1 Å². The molecule has 1 aliphatic heterocycles. The van der Waals surface area contributed by atoms with Gasteiger partial charge in [-0.15, -0.1) is 0 Å². The number of nitrogens with zero attached hydrogens (tertiary/aromatic N) is 1. The number of ether oxygens (including phenoxy) is 1. The van der Waals surface area contributed by atoms with Crippen molar-refractivity contribution in [3.8, 4) is 0 Å². The monoisotopic (exact) mass is 332 g/mol. The molecule has 0 aromatic heterocycles. The fraction of sp³-hybridized carbons (Fsp3) is 0.579. The summed E-state index contributed by atoms with van der Waals surface area (Å²) in [5.41, 5.74) is 2.03. The van der Waals surface area contributed by atoms with Crippen molar-refractivity contribution in [3.63, 3.8) is 0 Å². The molecule has 5 heteroatoms. The van der Waals surface area contributed by atoms with Gasteiger partial charge >= 0.3 is 0 Å². The number of hydrogen-bond donors (Lipinski definition) is 1. The zero-order chi connectivity index (χ0) is 17.4. The maximum Gasteiger partial charge on any atom is 0.243 e. The van der Waals surface area contributed by atoms with E-state index < -0.39 is 6.04 Å². The van der Waals surface area contributed by atoms with Crippen LogP contribution in [-0.2, 0) is 20.7 Å². The summed E-state index contributed by atoms with van der Waals surface area (Å²) in [7, 11) is 0. The molecule has 1 aromatic carbocycles. The second-order valence-corrected chi connectivity index (χ2v) is 6.01. The van der Waals surface area contributed by atoms with Gasteiger partial charge in [0.25, 0.3) is 0 Å². The van der Waals surface area contributed by atoms with Crippen molar-refractivity contribution in [1.29, 1.82) is 0 Å². The molecule has 0 saturated carbocycles. The molecule has 2 amide bonds. The third-order valence-corrected chi connectivity index (χ3v) is 4.33. The normalized spacial score (nSPS) is 15.6. The van der Waals surface area contributed by atoms with Crippen LogP contribution in [0, 0.1) is 0 Å². The first-order valence-electron chi connectivity index (χ1n) is 8.94. The van der Waals surface area contributed by atoms with E-state index >= 15 is 0 Å². The van der Waals surface area contributed by atoms with Gasteiger partial charge in [-0.25, -0.2) is 0 Å². The molecule has 0 spiro atoms. The van der Waals surface area contributed by atoms with Gasteiger partial charge in [0, 0.05) is 31.9 Å². The van der Waals surface area contributed by atoms with Crippen LogP contribution in [-0.4, -0.2) is 37.6 Å². The van der Waals surface area contributed by atoms with E-state index in [9.17, 15) is 9.59 Å². The molecule has 1 heterocycles. The summed E-state index contributed by atoms with van der Waals surface area (Å²) in [5, 5.41) is 2.95. The molecule has 0 radical (unpaired) electrons. The lowest BCUT2D eigenvalue weighted by molar-refractivity contribution is -0.126. The largest absolute Gasteiger partial charge is 0.382 e. The van der Waals surface area contributed by atoms with Crippen molar-refractivity contribution in [2.75, 3.05) is 24.7 Å². The number of hydrogen-bond acceptors (Lipinski definition) is 3. The molecule has 0 bridgehead atoms. The molecule has 1 N–H and O–H groups in total. The number of rotatable bonds is 8. The number of carbonyl (C=O) groups is 2. The van der Waals surface area contributed by atoms with Crippen molar-refractivity contribution in [2.45, 2.75) is 52.0 Å². The molecule has 1 aromatic rings. The summed E-state index contributed by atoms with van der Waals surface area (Å²) in [6, 6.07) is 7.46. The summed E-state index contributed by atoms with van der Waals surface area (Å²) in [4.78, 5) is 27.0. The van der Waals surface area contributed by atoms with Crippen LogP contribution < -0.4 is 10.2 Å². The molecule has 0 fully saturated rings. The Balaban J connectivity index is 2.10. The lowest BCUT2D eigenvalue weighted by Gasteiger charge is -2.30. The number of fused-ring (bicyclic) bond motifs is 1. The number of carbonyl (C=O) groups excluding carboxylic acids is 2. The minimum absolute atomic E-state index is 0.0382. The Labute approximate surface area is 144 Å². The molecule has 24 heavy (non-hydrogen) atoms. The molecule has 1 atom stereocenters. The van der Waals surface area contributed by atoms with Crippen molar-refractivity contribution in [1.82, 2.24) is 5.32 Å². The third-order valence-electron chi connectivity index (χ3n) is 4.33. The Hall–Kier alpha value is -1.88. The van der Waals surface area contributed by atoms with E-state index in [-0.39, 0.29) is 11.8 Å². The highest BCUT2D eigenvalue weighted by molar-refractivity contribution is 6.01. The first-order chi connectivity index (χ1) is 11.7. The minimum atomic E-state index is -0.455. The van der Waals surface area contributed by atoms with Crippen LogP contribution in [0.2, 0.25) is 0 Å². The Kier molecular flexibility index (Phi) is 7.25. The summed E-state index contributed by atoms with van der Waals surface area (Å²) in [6.45, 7) is 5.79. The second kappa shape index (κ2) is 9.42. The van der Waals surface area contributed by atoms with Crippen LogP contribution in [0.4, 0.5) is 5.69 Å². The zero-order valence-corrected chi connectivity index (χ0v) is 14.7. The van der Waals surface area contributed by atoms with E-state index in [1.54, 1.807) is 4.90 Å². The van der Waals surface area contributed by atoms with E-state index in [2.05, 4.69) is 5.32 Å². The molecule has 0 saturated heterocycles. The predicted octanol–water partition coefficient (Wildman–Crippen LogP) is 2.68. The quantitative estimate of drug-likeness (QED) is 0.745. The molecule has 1 aliphatic rings. The van der Waals surface area contributed by atoms with Crippen LogP contribution in [0.3, 0.4) is 0 Å². The highest BCUT2D eigenvalue weighted by atomic mass is 16.5. The first kappa shape index (κ1) is 18.5. The topological polar surface area (TPSA) is 58.6 Å². The summed E-state index contributed by atoms with van der Waals surface area (Å²) in [5.74, 6) is -0.0460. The second-order valence-electron chi connectivity index (χ2n) is 6.01. The van der Waals surface area contributed by atoms with Gasteiger partial charge in [-0.05, 0) is 44.2 Å². The first-order valence-corrected chi connectivity index (χ1v) is 8.94. The van der Waals surface area contributed by atoms with E-state index in [0.717, 1.165) is 30.5 Å². The smallest absolute Gasteiger partial charge is 0.243 e. The van der Waals surface area contributed by atoms with E-state index in [1.165, 1.54) is 0 Å². The Morgan fingerprint density at radius 2 is 2.08 bits per heavy atom. The molecule has 0 aliphatic carbocycles. The number of para-hydroxylation sites is 1. The van der Waals surface area contributed by atoms with Gasteiger partial charge in [0.05, 0.1) is 0 Å². The van der Waals surface area contributed by atoms with E-state index in [4.69, 9.17) is 4.74 Å². The number of nitrogens with one attached hydrogen (secondary N) is 1. The van der Waals surface area contributed by atoms with Crippen LogP contribution in [0.5, 0.6) is 0 Å². The fourth-order valence-corrected chi connectivity index (χ4v) is 3.12. The molecule has 132 valence electrons. The maximum atomic E-state index is 12.6. The van der Waals surface area contributed by atoms with Gasteiger partial charge < -0.3 is 10.1 Å². The van der Waals surface area contributed by atoms with Crippen molar-refractivity contribution in [2.24, 2.45) is 0 Å². The minimum Gasteiger partial charge on any atom is -0.382 e. The Morgan fingerprint density at radius 3 is 2.83 bits per heavy atom. The van der Waals surface area contributed by atoms with Gasteiger partial charge in [-0.2, -0.15) is 0 Å². The molecule has 0 unspecified atom stereocenters. The summed E-state index contributed by atoms with van der Waals surface area (Å²) in [6.07, 6.45) is 3.57. The molecule has 2 rings (SSSR count). The highest BCUT2D eigenvalue weighted by Crippen LogP contribution is 2.29. The average Bonchev–Trinajstić information content (AvgIpc) is 2.75. The highest BCUT2D eigenvalue weighted by Gasteiger charge is 2.32. The van der Waals surface area contributed by atoms with Crippen LogP contribution in [0.25, 0.3) is 0 Å². The van der Waals surface area contributed by atoms with Gasteiger partial charge in [0.1, 0.15) is 6.04 Å². The summed E-state index contributed by atoms with van der Waals surface area (Å²) < 4.78 is 5.28. The van der Waals surface area contributed by atoms with Gasteiger partial charge in [0.15, 0.2) is 0 Å². The van der Waals surface area contributed by atoms with Crippen molar-refractivity contribution < 1.29 is 14.3 Å². The van der Waals surface area contributed by atoms with Crippen LogP contribution in [0.1, 0.15) is 45.1 Å². The summed E-state index contributed by atoms with van der Waals surface area (Å²) >= 11 is 0. The van der Waals surface area contributed by atoms with Gasteiger partial charge in [0.2, 0.25) is 11.8 Å². The number of aryl methyl sites for hydroxylation is 1. The van der Waals surface area contributed by atoms with Gasteiger partial charge in [-0.3, -0.25) is 14.5 Å². The fourth-order valence-electron chi connectivity index (χ4n) is 3.12. The Bertz CT molecular complexity index is 559. The maximum absolute atomic E-state index is 12.6. The average molecular weight is 332 g/mol. The Morgan fingerprint density at radius 1 is 1.29 bits per heavy atom. The van der Waals surface area contributed by atoms with Crippen molar-refractivity contribution >= 4 is 17.5 Å². The number of amides is 2. The predicted molar refractivity (Wildman–Crippen MR) is 95.1 cm³/mol. The third kappa shape index (κ3) is 4.57. The number of anilines is 1. The molecular formula is C19H28N2O3. The van der Waals surface area contributed by atoms with Crippen LogP contribution >= 0.6 is 0 Å². The SMILES string of the molecule is CCOCCCNC(=O)[C@@H](CC)N1C(=O)CCCc2ccccc21. The zero-order valence-electron chi connectivity index (χ0n) is 14.7. The molecule has 5 nitrogen and oxygen atoms in total. The van der Waals surface area contributed by atoms with Crippen LogP contribution in [0.15, 0.2) is 24.3 Å². The standard InChI is InChI=1S/C19H28N2O3/c1-3-16(19(23)20-13-8-14-24-4-2)21-17-11-6-5-9-15(17)10-7-12-18(21)22/h5-6,9,11,16H,3-4,7-8,10,12-14H2,1-2H3,(H,20,23)/t16-/m1/s1. The van der Waals surface area contributed by atoms with E-state index in [0.29, 0.717) is 32.6 Å². The lowest BCUT2D eigenvalue weighted by Crippen LogP contribution is -2.49. The van der Waals surface area contributed by atoms with E-state index in [1.807, 2.05) is 38.1 Å².